The second kappa shape index (κ2) is 11.5. The molecule has 0 unspecified atom stereocenters. The van der Waals surface area contributed by atoms with Crippen molar-refractivity contribution in [1.82, 2.24) is 20.9 Å². The van der Waals surface area contributed by atoms with E-state index in [0.29, 0.717) is 31.2 Å². The van der Waals surface area contributed by atoms with Gasteiger partial charge in [0.05, 0.1) is 13.1 Å². The molecule has 0 saturated heterocycles. The minimum absolute atomic E-state index is 0.0310. The fraction of sp³-hybridized carbons (Fsp3) is 0.318. The molecule has 0 aliphatic carbocycles. The number of benzene rings is 2. The Balaban J connectivity index is 1.85. The van der Waals surface area contributed by atoms with Crippen molar-refractivity contribution in [2.75, 3.05) is 27.2 Å². The number of nitrogens with zero attached hydrogens (tertiary/aromatic N) is 2. The summed E-state index contributed by atoms with van der Waals surface area (Å²) in [5.74, 6) is 0.429. The monoisotopic (exact) mass is 395 g/mol. The summed E-state index contributed by atoms with van der Waals surface area (Å²) in [6.07, 6.45) is 0. The molecule has 2 amide bonds. The van der Waals surface area contributed by atoms with Gasteiger partial charge in [-0.25, -0.2) is 4.99 Å². The maximum Gasteiger partial charge on any atom is 0.253 e. The van der Waals surface area contributed by atoms with E-state index in [0.717, 1.165) is 11.1 Å². The standard InChI is InChI=1S/C22H29N5O2/c1-4-23-22(26-16-20(28)24-14-17-8-6-5-7-9-17)25-15-18-10-12-19(13-11-18)21(29)27(2)3/h5-13H,4,14-16H2,1-3H3,(H,24,28)(H2,23,25,26). The first-order valence-electron chi connectivity index (χ1n) is 9.63. The highest BCUT2D eigenvalue weighted by Gasteiger charge is 2.07. The van der Waals surface area contributed by atoms with Crippen LogP contribution in [0.4, 0.5) is 0 Å². The van der Waals surface area contributed by atoms with E-state index in [4.69, 9.17) is 0 Å². The van der Waals surface area contributed by atoms with Gasteiger partial charge < -0.3 is 20.9 Å². The summed E-state index contributed by atoms with van der Waals surface area (Å²) in [5, 5.41) is 9.04. The molecule has 0 aromatic heterocycles. The zero-order valence-corrected chi connectivity index (χ0v) is 17.2. The normalized spacial score (nSPS) is 10.9. The zero-order chi connectivity index (χ0) is 21.1. The molecule has 0 fully saturated rings. The smallest absolute Gasteiger partial charge is 0.253 e. The molecule has 0 radical (unpaired) electrons. The molecule has 0 aliphatic rings. The minimum atomic E-state index is -0.106. The largest absolute Gasteiger partial charge is 0.357 e. The molecular formula is C22H29N5O2. The lowest BCUT2D eigenvalue weighted by molar-refractivity contribution is -0.120. The Kier molecular flexibility index (Phi) is 8.69. The molecule has 7 nitrogen and oxygen atoms in total. The van der Waals surface area contributed by atoms with Crippen molar-refractivity contribution in [3.8, 4) is 0 Å². The molecule has 0 aliphatic heterocycles. The van der Waals surface area contributed by atoms with Crippen molar-refractivity contribution in [3.05, 3.63) is 71.3 Å². The average Bonchev–Trinajstić information content (AvgIpc) is 2.74. The Hall–Kier alpha value is -3.35. The van der Waals surface area contributed by atoms with Gasteiger partial charge in [0.15, 0.2) is 5.96 Å². The first-order valence-corrected chi connectivity index (χ1v) is 9.63. The number of rotatable bonds is 8. The quantitative estimate of drug-likeness (QED) is 0.470. The Morgan fingerprint density at radius 3 is 2.21 bits per heavy atom. The second-order valence-electron chi connectivity index (χ2n) is 6.71. The molecule has 7 heteroatoms. The third-order valence-electron chi connectivity index (χ3n) is 4.12. The molecule has 2 aromatic rings. The Morgan fingerprint density at radius 1 is 0.897 bits per heavy atom. The number of aliphatic imine (C=N–C) groups is 1. The summed E-state index contributed by atoms with van der Waals surface area (Å²) < 4.78 is 0. The predicted octanol–water partition coefficient (Wildman–Crippen LogP) is 1.76. The topological polar surface area (TPSA) is 85.8 Å². The van der Waals surface area contributed by atoms with Crippen LogP contribution in [0.3, 0.4) is 0 Å². The number of hydrogen-bond acceptors (Lipinski definition) is 3. The number of carbonyl (C=O) groups is 2. The van der Waals surface area contributed by atoms with Gasteiger partial charge in [-0.2, -0.15) is 0 Å². The maximum absolute atomic E-state index is 12.1. The van der Waals surface area contributed by atoms with E-state index in [9.17, 15) is 9.59 Å². The number of carbonyl (C=O) groups excluding carboxylic acids is 2. The number of amides is 2. The van der Waals surface area contributed by atoms with Crippen molar-refractivity contribution in [1.29, 1.82) is 0 Å². The fourth-order valence-corrected chi connectivity index (χ4v) is 2.55. The Bertz CT molecular complexity index is 817. The van der Waals surface area contributed by atoms with Crippen LogP contribution in [0.1, 0.15) is 28.4 Å². The van der Waals surface area contributed by atoms with Crippen LogP contribution in [-0.4, -0.2) is 49.9 Å². The van der Waals surface area contributed by atoms with E-state index in [1.807, 2.05) is 49.4 Å². The van der Waals surface area contributed by atoms with Crippen LogP contribution in [0.25, 0.3) is 0 Å². The molecular weight excluding hydrogens is 366 g/mol. The van der Waals surface area contributed by atoms with Crippen LogP contribution in [0, 0.1) is 0 Å². The molecule has 0 atom stereocenters. The van der Waals surface area contributed by atoms with E-state index >= 15 is 0 Å². The van der Waals surface area contributed by atoms with Gasteiger partial charge in [0, 0.05) is 32.7 Å². The van der Waals surface area contributed by atoms with E-state index in [-0.39, 0.29) is 18.4 Å². The van der Waals surface area contributed by atoms with Crippen molar-refractivity contribution in [3.63, 3.8) is 0 Å². The van der Waals surface area contributed by atoms with E-state index in [1.165, 1.54) is 0 Å². The van der Waals surface area contributed by atoms with Crippen molar-refractivity contribution < 1.29 is 9.59 Å². The third kappa shape index (κ3) is 7.65. The van der Waals surface area contributed by atoms with Gasteiger partial charge in [-0.05, 0) is 30.2 Å². The highest BCUT2D eigenvalue weighted by atomic mass is 16.2. The zero-order valence-electron chi connectivity index (χ0n) is 17.2. The molecule has 2 aromatic carbocycles. The molecule has 0 saturated carbocycles. The van der Waals surface area contributed by atoms with Gasteiger partial charge >= 0.3 is 0 Å². The predicted molar refractivity (Wildman–Crippen MR) is 116 cm³/mol. The van der Waals surface area contributed by atoms with Crippen LogP contribution >= 0.6 is 0 Å². The number of nitrogens with one attached hydrogen (secondary N) is 3. The van der Waals surface area contributed by atoms with Crippen LogP contribution in [-0.2, 0) is 17.9 Å². The van der Waals surface area contributed by atoms with E-state index < -0.39 is 0 Å². The Labute approximate surface area is 172 Å². The Morgan fingerprint density at radius 2 is 1.59 bits per heavy atom. The van der Waals surface area contributed by atoms with Crippen molar-refractivity contribution >= 4 is 17.8 Å². The van der Waals surface area contributed by atoms with E-state index in [1.54, 1.807) is 31.1 Å². The fourth-order valence-electron chi connectivity index (χ4n) is 2.55. The van der Waals surface area contributed by atoms with Gasteiger partial charge in [-0.1, -0.05) is 42.5 Å². The van der Waals surface area contributed by atoms with Crippen LogP contribution in [0.15, 0.2) is 59.6 Å². The first kappa shape index (κ1) is 21.9. The molecule has 154 valence electrons. The molecule has 0 bridgehead atoms. The lowest BCUT2D eigenvalue weighted by Crippen LogP contribution is -2.43. The SMILES string of the molecule is CCNC(=NCc1ccc(C(=O)N(C)C)cc1)NCC(=O)NCc1ccccc1. The molecule has 29 heavy (non-hydrogen) atoms. The number of guanidine groups is 1. The summed E-state index contributed by atoms with van der Waals surface area (Å²) in [6.45, 7) is 3.72. The lowest BCUT2D eigenvalue weighted by atomic mass is 10.1. The summed E-state index contributed by atoms with van der Waals surface area (Å²) in [4.78, 5) is 30.1. The summed E-state index contributed by atoms with van der Waals surface area (Å²) in [7, 11) is 3.45. The molecule has 0 spiro atoms. The van der Waals surface area contributed by atoms with Crippen LogP contribution in [0.2, 0.25) is 0 Å². The summed E-state index contributed by atoms with van der Waals surface area (Å²) in [5.41, 5.74) is 2.67. The lowest BCUT2D eigenvalue weighted by Gasteiger charge is -2.12. The summed E-state index contributed by atoms with van der Waals surface area (Å²) >= 11 is 0. The first-order chi connectivity index (χ1) is 14.0. The highest BCUT2D eigenvalue weighted by Crippen LogP contribution is 2.07. The van der Waals surface area contributed by atoms with E-state index in [2.05, 4.69) is 20.9 Å². The van der Waals surface area contributed by atoms with Crippen molar-refractivity contribution in [2.45, 2.75) is 20.0 Å². The van der Waals surface area contributed by atoms with Gasteiger partial charge in [-0.3, -0.25) is 9.59 Å². The van der Waals surface area contributed by atoms with Crippen molar-refractivity contribution in [2.24, 2.45) is 4.99 Å². The third-order valence-corrected chi connectivity index (χ3v) is 4.12. The van der Waals surface area contributed by atoms with Crippen LogP contribution in [0.5, 0.6) is 0 Å². The second-order valence-corrected chi connectivity index (χ2v) is 6.71. The average molecular weight is 396 g/mol. The number of hydrogen-bond donors (Lipinski definition) is 3. The maximum atomic E-state index is 12.1. The highest BCUT2D eigenvalue weighted by molar-refractivity contribution is 5.93. The molecule has 0 heterocycles. The molecule has 3 N–H and O–H groups in total. The van der Waals surface area contributed by atoms with Gasteiger partial charge in [0.1, 0.15) is 0 Å². The molecule has 2 rings (SSSR count). The summed E-state index contributed by atoms with van der Waals surface area (Å²) in [6, 6.07) is 17.1. The minimum Gasteiger partial charge on any atom is -0.357 e. The van der Waals surface area contributed by atoms with Crippen LogP contribution < -0.4 is 16.0 Å². The van der Waals surface area contributed by atoms with Gasteiger partial charge in [-0.15, -0.1) is 0 Å². The van der Waals surface area contributed by atoms with Gasteiger partial charge in [0.25, 0.3) is 5.91 Å². The van der Waals surface area contributed by atoms with Gasteiger partial charge in [0.2, 0.25) is 5.91 Å².